The van der Waals surface area contributed by atoms with Crippen LogP contribution in [0.3, 0.4) is 0 Å². The Labute approximate surface area is 113 Å². The second kappa shape index (κ2) is 4.23. The summed E-state index contributed by atoms with van der Waals surface area (Å²) in [5.74, 6) is 2.84. The van der Waals surface area contributed by atoms with Crippen molar-refractivity contribution in [2.45, 2.75) is 78.2 Å². The minimum absolute atomic E-state index is 0.477. The van der Waals surface area contributed by atoms with E-state index in [1.807, 2.05) is 0 Å². The quantitative estimate of drug-likeness (QED) is 0.787. The Morgan fingerprint density at radius 3 is 2.17 bits per heavy atom. The molecule has 1 nitrogen and oxygen atoms in total. The first-order valence-corrected chi connectivity index (χ1v) is 8.16. The molecule has 3 unspecified atom stereocenters. The van der Waals surface area contributed by atoms with Gasteiger partial charge in [-0.15, -0.1) is 0 Å². The normalized spacial score (nSPS) is 47.8. The monoisotopic (exact) mass is 249 g/mol. The summed E-state index contributed by atoms with van der Waals surface area (Å²) in [6.07, 6.45) is 11.4. The lowest BCUT2D eigenvalue weighted by molar-refractivity contribution is -0.114. The summed E-state index contributed by atoms with van der Waals surface area (Å²) in [5, 5.41) is 0. The van der Waals surface area contributed by atoms with Gasteiger partial charge in [-0.3, -0.25) is 0 Å². The number of hydrogen-bond donors (Lipinski definition) is 1. The molecule has 3 atom stereocenters. The smallest absolute Gasteiger partial charge is 0.00960 e. The van der Waals surface area contributed by atoms with Crippen LogP contribution in [0.2, 0.25) is 0 Å². The van der Waals surface area contributed by atoms with Crippen LogP contribution in [0.15, 0.2) is 0 Å². The average molecular weight is 249 g/mol. The molecule has 2 N–H and O–H groups in total. The highest BCUT2D eigenvalue weighted by Gasteiger charge is 2.57. The second-order valence-corrected chi connectivity index (χ2v) is 8.71. The molecule has 4 bridgehead atoms. The Hall–Kier alpha value is -0.0400. The van der Waals surface area contributed by atoms with E-state index in [1.165, 1.54) is 51.4 Å². The van der Waals surface area contributed by atoms with Crippen molar-refractivity contribution < 1.29 is 0 Å². The van der Waals surface area contributed by atoms with Crippen molar-refractivity contribution in [1.82, 2.24) is 0 Å². The van der Waals surface area contributed by atoms with Crippen LogP contribution >= 0.6 is 0 Å². The maximum atomic E-state index is 6.68. The Kier molecular flexibility index (Phi) is 3.05. The lowest BCUT2D eigenvalue weighted by atomic mass is 9.43. The molecule has 0 aromatic heterocycles. The van der Waals surface area contributed by atoms with Gasteiger partial charge in [0.2, 0.25) is 0 Å². The molecule has 0 radical (unpaired) electrons. The minimum atomic E-state index is 0.477. The molecular weight excluding hydrogens is 218 g/mol. The summed E-state index contributed by atoms with van der Waals surface area (Å²) in [6.45, 7) is 7.20. The zero-order valence-corrected chi connectivity index (χ0v) is 12.5. The van der Waals surface area contributed by atoms with Gasteiger partial charge in [-0.2, -0.15) is 0 Å². The van der Waals surface area contributed by atoms with E-state index < -0.39 is 0 Å². The molecule has 0 aromatic rings. The van der Waals surface area contributed by atoms with Crippen molar-refractivity contribution in [1.29, 1.82) is 0 Å². The van der Waals surface area contributed by atoms with Gasteiger partial charge in [-0.25, -0.2) is 0 Å². The lowest BCUT2D eigenvalue weighted by Gasteiger charge is -2.63. The standard InChI is InChI=1S/C17H31N/c1-12(2)4-5-15(18)17-9-13-6-14(10-17)8-16(3,7-13)11-17/h12-15H,4-11,18H2,1-3H3. The fourth-order valence-electron chi connectivity index (χ4n) is 6.05. The van der Waals surface area contributed by atoms with E-state index in [2.05, 4.69) is 20.8 Å². The summed E-state index contributed by atoms with van der Waals surface area (Å²) in [6, 6.07) is 0.477. The van der Waals surface area contributed by atoms with Crippen LogP contribution in [0.4, 0.5) is 0 Å². The summed E-state index contributed by atoms with van der Waals surface area (Å²) >= 11 is 0. The van der Waals surface area contributed by atoms with Gasteiger partial charge >= 0.3 is 0 Å². The summed E-state index contributed by atoms with van der Waals surface area (Å²) in [4.78, 5) is 0. The first-order valence-electron chi connectivity index (χ1n) is 8.16. The second-order valence-electron chi connectivity index (χ2n) is 8.71. The maximum absolute atomic E-state index is 6.68. The average Bonchev–Trinajstić information content (AvgIpc) is 2.22. The molecule has 0 amide bonds. The molecule has 18 heavy (non-hydrogen) atoms. The lowest BCUT2D eigenvalue weighted by Crippen LogP contribution is -2.57. The van der Waals surface area contributed by atoms with E-state index in [9.17, 15) is 0 Å². The Morgan fingerprint density at radius 2 is 1.67 bits per heavy atom. The van der Waals surface area contributed by atoms with Crippen LogP contribution < -0.4 is 5.73 Å². The molecule has 4 fully saturated rings. The highest BCUT2D eigenvalue weighted by atomic mass is 14.7. The van der Waals surface area contributed by atoms with E-state index in [0.717, 1.165) is 17.8 Å². The Morgan fingerprint density at radius 1 is 1.06 bits per heavy atom. The van der Waals surface area contributed by atoms with E-state index in [1.54, 1.807) is 0 Å². The number of hydrogen-bond acceptors (Lipinski definition) is 1. The van der Waals surface area contributed by atoms with E-state index >= 15 is 0 Å². The molecule has 0 heterocycles. The van der Waals surface area contributed by atoms with E-state index in [4.69, 9.17) is 5.73 Å². The highest BCUT2D eigenvalue weighted by molar-refractivity contribution is 5.09. The van der Waals surface area contributed by atoms with Crippen LogP contribution in [0.5, 0.6) is 0 Å². The third kappa shape index (κ3) is 2.13. The van der Waals surface area contributed by atoms with E-state index in [-0.39, 0.29) is 0 Å². The number of nitrogens with two attached hydrogens (primary N) is 1. The predicted molar refractivity (Wildman–Crippen MR) is 77.3 cm³/mol. The fraction of sp³-hybridized carbons (Fsp3) is 1.00. The first kappa shape index (κ1) is 13.0. The Bertz CT molecular complexity index is 306. The SMILES string of the molecule is CC(C)CCC(N)C12CC3CC(CC(C)(C3)C1)C2. The maximum Gasteiger partial charge on any atom is 0.00960 e. The molecule has 4 saturated carbocycles. The molecule has 0 aliphatic heterocycles. The van der Waals surface area contributed by atoms with Crippen LogP contribution in [-0.4, -0.2) is 6.04 Å². The van der Waals surface area contributed by atoms with Gasteiger partial charge in [0, 0.05) is 6.04 Å². The van der Waals surface area contributed by atoms with Crippen molar-refractivity contribution in [3.05, 3.63) is 0 Å². The molecule has 4 aliphatic carbocycles. The minimum Gasteiger partial charge on any atom is -0.327 e. The van der Waals surface area contributed by atoms with Gasteiger partial charge in [-0.1, -0.05) is 20.8 Å². The van der Waals surface area contributed by atoms with E-state index in [0.29, 0.717) is 16.9 Å². The van der Waals surface area contributed by atoms with Crippen LogP contribution in [-0.2, 0) is 0 Å². The molecule has 4 rings (SSSR count). The number of rotatable bonds is 4. The fourth-order valence-corrected chi connectivity index (χ4v) is 6.05. The zero-order chi connectivity index (χ0) is 13.0. The first-order chi connectivity index (χ1) is 8.41. The molecule has 0 saturated heterocycles. The molecule has 0 aromatic carbocycles. The van der Waals surface area contributed by atoms with Crippen molar-refractivity contribution in [3.8, 4) is 0 Å². The summed E-state index contributed by atoms with van der Waals surface area (Å²) in [7, 11) is 0. The third-order valence-electron chi connectivity index (χ3n) is 6.24. The summed E-state index contributed by atoms with van der Waals surface area (Å²) in [5.41, 5.74) is 7.87. The van der Waals surface area contributed by atoms with Gasteiger partial charge in [-0.05, 0) is 80.0 Å². The molecule has 1 heteroatoms. The third-order valence-corrected chi connectivity index (χ3v) is 6.24. The van der Waals surface area contributed by atoms with Crippen molar-refractivity contribution >= 4 is 0 Å². The molecule has 104 valence electrons. The van der Waals surface area contributed by atoms with Gasteiger partial charge in [0.1, 0.15) is 0 Å². The van der Waals surface area contributed by atoms with Crippen molar-refractivity contribution in [2.75, 3.05) is 0 Å². The van der Waals surface area contributed by atoms with Crippen LogP contribution in [0.25, 0.3) is 0 Å². The zero-order valence-electron chi connectivity index (χ0n) is 12.5. The molecule has 0 spiro atoms. The van der Waals surface area contributed by atoms with Crippen molar-refractivity contribution in [2.24, 2.45) is 34.3 Å². The molecular formula is C17H31N. The predicted octanol–water partition coefficient (Wildman–Crippen LogP) is 4.36. The van der Waals surface area contributed by atoms with Crippen LogP contribution in [0.1, 0.15) is 72.1 Å². The topological polar surface area (TPSA) is 26.0 Å². The van der Waals surface area contributed by atoms with Gasteiger partial charge in [0.25, 0.3) is 0 Å². The van der Waals surface area contributed by atoms with Crippen LogP contribution in [0, 0.1) is 28.6 Å². The van der Waals surface area contributed by atoms with Crippen molar-refractivity contribution in [3.63, 3.8) is 0 Å². The molecule has 4 aliphatic rings. The Balaban J connectivity index is 1.74. The summed E-state index contributed by atoms with van der Waals surface area (Å²) < 4.78 is 0. The van der Waals surface area contributed by atoms with Gasteiger partial charge in [0.15, 0.2) is 0 Å². The van der Waals surface area contributed by atoms with Gasteiger partial charge in [0.05, 0.1) is 0 Å². The van der Waals surface area contributed by atoms with Gasteiger partial charge < -0.3 is 5.73 Å². The highest BCUT2D eigenvalue weighted by Crippen LogP contribution is 2.66. The largest absolute Gasteiger partial charge is 0.327 e.